The molecule has 1 aliphatic heterocycles. The minimum atomic E-state index is -0.322. The zero-order valence-electron chi connectivity index (χ0n) is 12.2. The summed E-state index contributed by atoms with van der Waals surface area (Å²) < 4.78 is 6.94. The Balaban J connectivity index is 1.95. The van der Waals surface area contributed by atoms with Gasteiger partial charge in [0, 0.05) is 19.0 Å². The van der Waals surface area contributed by atoms with E-state index in [0.717, 1.165) is 16.5 Å². The molecule has 1 atom stereocenters. The molecule has 0 spiro atoms. The molecule has 0 unspecified atom stereocenters. The number of hydrogen-bond donors (Lipinski definition) is 0. The van der Waals surface area contributed by atoms with Gasteiger partial charge in [0.05, 0.1) is 18.2 Å². The molecule has 1 aliphatic rings. The molecule has 0 aromatic carbocycles. The van der Waals surface area contributed by atoms with Gasteiger partial charge in [-0.2, -0.15) is 0 Å². The average Bonchev–Trinajstić information content (AvgIpc) is 3.07. The SMILES string of the molecule is COCCN1Cc2nnc(-c3csc(C)n3)n2[C@@H](C)C1=O. The smallest absolute Gasteiger partial charge is 0.245 e. The maximum Gasteiger partial charge on any atom is 0.245 e. The van der Waals surface area contributed by atoms with Crippen molar-refractivity contribution in [2.75, 3.05) is 20.3 Å². The molecule has 21 heavy (non-hydrogen) atoms. The molecule has 7 nitrogen and oxygen atoms in total. The minimum Gasteiger partial charge on any atom is -0.383 e. The second-order valence-corrected chi connectivity index (χ2v) is 6.05. The molecular formula is C13H17N5O2S. The highest BCUT2D eigenvalue weighted by atomic mass is 32.1. The van der Waals surface area contributed by atoms with Gasteiger partial charge in [-0.25, -0.2) is 4.98 Å². The van der Waals surface area contributed by atoms with Crippen LogP contribution in [-0.4, -0.2) is 50.8 Å². The number of nitrogens with zero attached hydrogens (tertiary/aromatic N) is 5. The highest BCUT2D eigenvalue weighted by Crippen LogP contribution is 2.28. The lowest BCUT2D eigenvalue weighted by Crippen LogP contribution is -2.43. The Bertz CT molecular complexity index is 665. The van der Waals surface area contributed by atoms with Crippen molar-refractivity contribution in [1.29, 1.82) is 0 Å². The Morgan fingerprint density at radius 1 is 1.48 bits per heavy atom. The maximum atomic E-state index is 12.5. The van der Waals surface area contributed by atoms with Gasteiger partial charge in [0.2, 0.25) is 5.91 Å². The summed E-state index contributed by atoms with van der Waals surface area (Å²) in [6.07, 6.45) is 0. The summed E-state index contributed by atoms with van der Waals surface area (Å²) in [4.78, 5) is 18.7. The van der Waals surface area contributed by atoms with Crippen molar-refractivity contribution in [3.05, 3.63) is 16.2 Å². The molecular weight excluding hydrogens is 290 g/mol. The number of ether oxygens (including phenoxy) is 1. The molecule has 2 aromatic heterocycles. The highest BCUT2D eigenvalue weighted by Gasteiger charge is 2.33. The first-order valence-corrected chi connectivity index (χ1v) is 7.63. The molecule has 2 aromatic rings. The topological polar surface area (TPSA) is 73.1 Å². The van der Waals surface area contributed by atoms with E-state index < -0.39 is 0 Å². The summed E-state index contributed by atoms with van der Waals surface area (Å²) >= 11 is 1.56. The second-order valence-electron chi connectivity index (χ2n) is 4.99. The van der Waals surface area contributed by atoms with E-state index in [4.69, 9.17) is 4.74 Å². The number of hydrogen-bond acceptors (Lipinski definition) is 6. The van der Waals surface area contributed by atoms with Gasteiger partial charge in [0.1, 0.15) is 11.7 Å². The lowest BCUT2D eigenvalue weighted by atomic mass is 10.2. The molecule has 112 valence electrons. The predicted molar refractivity (Wildman–Crippen MR) is 77.9 cm³/mol. The largest absolute Gasteiger partial charge is 0.383 e. The van der Waals surface area contributed by atoms with Crippen LogP contribution < -0.4 is 0 Å². The van der Waals surface area contributed by atoms with Gasteiger partial charge in [-0.05, 0) is 13.8 Å². The van der Waals surface area contributed by atoms with E-state index in [1.165, 1.54) is 0 Å². The molecule has 1 amide bonds. The summed E-state index contributed by atoms with van der Waals surface area (Å²) in [5.41, 5.74) is 0.779. The van der Waals surface area contributed by atoms with Crippen molar-refractivity contribution in [1.82, 2.24) is 24.6 Å². The van der Waals surface area contributed by atoms with E-state index in [-0.39, 0.29) is 11.9 Å². The van der Waals surface area contributed by atoms with Crippen molar-refractivity contribution >= 4 is 17.2 Å². The summed E-state index contributed by atoms with van der Waals surface area (Å²) in [5, 5.41) is 11.4. The van der Waals surface area contributed by atoms with Gasteiger partial charge < -0.3 is 9.64 Å². The van der Waals surface area contributed by atoms with Crippen LogP contribution in [0.4, 0.5) is 0 Å². The van der Waals surface area contributed by atoms with Gasteiger partial charge in [-0.1, -0.05) is 0 Å². The maximum absolute atomic E-state index is 12.5. The zero-order chi connectivity index (χ0) is 15.0. The lowest BCUT2D eigenvalue weighted by molar-refractivity contribution is -0.137. The third-order valence-corrected chi connectivity index (χ3v) is 4.34. The Morgan fingerprint density at radius 2 is 2.29 bits per heavy atom. The van der Waals surface area contributed by atoms with E-state index in [1.807, 2.05) is 23.8 Å². The standard InChI is InChI=1S/C13H17N5O2S/c1-8-13(19)17(4-5-20-3)6-11-15-16-12(18(8)11)10-7-21-9(2)14-10/h7-8H,4-6H2,1-3H3/t8-/m0/s1. The quantitative estimate of drug-likeness (QED) is 0.850. The number of carbonyl (C=O) groups excluding carboxylic acids is 1. The summed E-state index contributed by atoms with van der Waals surface area (Å²) in [7, 11) is 1.63. The number of aryl methyl sites for hydroxylation is 1. The van der Waals surface area contributed by atoms with Crippen molar-refractivity contribution in [2.24, 2.45) is 0 Å². The Hall–Kier alpha value is -1.80. The molecule has 3 rings (SSSR count). The summed E-state index contributed by atoms with van der Waals surface area (Å²) in [6, 6.07) is -0.322. The van der Waals surface area contributed by atoms with Crippen LogP contribution in [0.5, 0.6) is 0 Å². The Labute approximate surface area is 126 Å². The van der Waals surface area contributed by atoms with E-state index in [9.17, 15) is 4.79 Å². The van der Waals surface area contributed by atoms with Crippen LogP contribution in [0.3, 0.4) is 0 Å². The molecule has 0 radical (unpaired) electrons. The minimum absolute atomic E-state index is 0.0625. The molecule has 0 N–H and O–H groups in total. The van der Waals surface area contributed by atoms with Crippen LogP contribution in [0.25, 0.3) is 11.5 Å². The first-order chi connectivity index (χ1) is 10.1. The van der Waals surface area contributed by atoms with E-state index >= 15 is 0 Å². The van der Waals surface area contributed by atoms with Crippen LogP contribution in [0.15, 0.2) is 5.38 Å². The summed E-state index contributed by atoms with van der Waals surface area (Å²) in [5.74, 6) is 1.52. The second kappa shape index (κ2) is 5.53. The van der Waals surface area contributed by atoms with Gasteiger partial charge >= 0.3 is 0 Å². The summed E-state index contributed by atoms with van der Waals surface area (Å²) in [6.45, 7) is 5.37. The van der Waals surface area contributed by atoms with Crippen LogP contribution >= 0.6 is 11.3 Å². The van der Waals surface area contributed by atoms with Gasteiger partial charge in [0.25, 0.3) is 0 Å². The number of carbonyl (C=O) groups is 1. The first kappa shape index (κ1) is 14.2. The number of rotatable bonds is 4. The number of thiazole rings is 1. The predicted octanol–water partition coefficient (Wildman–Crippen LogP) is 1.26. The van der Waals surface area contributed by atoms with Crippen LogP contribution in [0.2, 0.25) is 0 Å². The molecule has 0 saturated heterocycles. The molecule has 0 bridgehead atoms. The monoisotopic (exact) mass is 307 g/mol. The van der Waals surface area contributed by atoms with Crippen LogP contribution in [0, 0.1) is 6.92 Å². The highest BCUT2D eigenvalue weighted by molar-refractivity contribution is 7.09. The molecule has 8 heteroatoms. The van der Waals surface area contributed by atoms with Gasteiger partial charge in [-0.15, -0.1) is 21.5 Å². The van der Waals surface area contributed by atoms with E-state index in [2.05, 4.69) is 15.2 Å². The lowest BCUT2D eigenvalue weighted by Gasteiger charge is -2.31. The number of aromatic nitrogens is 4. The van der Waals surface area contributed by atoms with Crippen molar-refractivity contribution in [3.8, 4) is 11.5 Å². The normalized spacial score (nSPS) is 18.1. The zero-order valence-corrected chi connectivity index (χ0v) is 13.1. The fraction of sp³-hybridized carbons (Fsp3) is 0.538. The molecule has 0 saturated carbocycles. The van der Waals surface area contributed by atoms with Crippen molar-refractivity contribution in [3.63, 3.8) is 0 Å². The fourth-order valence-electron chi connectivity index (χ4n) is 2.49. The van der Waals surface area contributed by atoms with Crippen LogP contribution in [0.1, 0.15) is 23.8 Å². The third-order valence-electron chi connectivity index (χ3n) is 3.57. The average molecular weight is 307 g/mol. The van der Waals surface area contributed by atoms with Crippen molar-refractivity contribution in [2.45, 2.75) is 26.4 Å². The molecule has 0 fully saturated rings. The van der Waals surface area contributed by atoms with E-state index in [0.29, 0.717) is 25.5 Å². The molecule has 3 heterocycles. The van der Waals surface area contributed by atoms with Gasteiger partial charge in [-0.3, -0.25) is 9.36 Å². The Morgan fingerprint density at radius 3 is 2.95 bits per heavy atom. The van der Waals surface area contributed by atoms with E-state index in [1.54, 1.807) is 23.3 Å². The molecule has 0 aliphatic carbocycles. The third kappa shape index (κ3) is 2.44. The fourth-order valence-corrected chi connectivity index (χ4v) is 3.08. The van der Waals surface area contributed by atoms with Crippen molar-refractivity contribution < 1.29 is 9.53 Å². The Kier molecular flexibility index (Phi) is 3.73. The first-order valence-electron chi connectivity index (χ1n) is 6.76. The number of fused-ring (bicyclic) bond motifs is 1. The number of amides is 1. The number of methoxy groups -OCH3 is 1. The van der Waals surface area contributed by atoms with Gasteiger partial charge in [0.15, 0.2) is 11.6 Å². The van der Waals surface area contributed by atoms with Crippen LogP contribution in [-0.2, 0) is 16.1 Å².